The van der Waals surface area contributed by atoms with Crippen LogP contribution in [0.15, 0.2) is 77.7 Å². The fourth-order valence-corrected chi connectivity index (χ4v) is 7.18. The smallest absolute Gasteiger partial charge is 0.243 e. The van der Waals surface area contributed by atoms with Crippen molar-refractivity contribution in [2.75, 3.05) is 25.1 Å². The number of carbonyl (C=O) groups excluding carboxylic acids is 1. The fourth-order valence-electron chi connectivity index (χ4n) is 4.47. The van der Waals surface area contributed by atoms with Gasteiger partial charge in [-0.05, 0) is 60.9 Å². The first kappa shape index (κ1) is 25.7. The van der Waals surface area contributed by atoms with Gasteiger partial charge in [0.2, 0.25) is 15.9 Å². The number of thiazole rings is 1. The third kappa shape index (κ3) is 5.50. The largest absolute Gasteiger partial charge is 0.497 e. The van der Waals surface area contributed by atoms with Gasteiger partial charge < -0.3 is 4.74 Å². The SMILES string of the molecule is COc1ccc(S(=O)(=O)N2CCC(C(=O)N(Cc3ccccc3)c3nc4ccc(Cl)cc4s3)CC2)cc1. The van der Waals surface area contributed by atoms with Crippen molar-refractivity contribution in [3.63, 3.8) is 0 Å². The molecule has 1 aliphatic heterocycles. The highest BCUT2D eigenvalue weighted by Crippen LogP contribution is 2.34. The first-order valence-electron chi connectivity index (χ1n) is 11.9. The van der Waals surface area contributed by atoms with Gasteiger partial charge in [-0.15, -0.1) is 0 Å². The standard InChI is InChI=1S/C27H26ClN3O4S2/c1-35-22-8-10-23(11-9-22)37(33,34)30-15-13-20(14-16-30)26(32)31(18-19-5-3-2-4-6-19)27-29-24-12-7-21(28)17-25(24)36-27/h2-12,17,20H,13-16,18H2,1H3. The number of halogens is 1. The van der Waals surface area contributed by atoms with E-state index >= 15 is 0 Å². The van der Waals surface area contributed by atoms with Gasteiger partial charge in [0.05, 0.1) is 28.8 Å². The second-order valence-electron chi connectivity index (χ2n) is 8.87. The number of piperidine rings is 1. The highest BCUT2D eigenvalue weighted by Gasteiger charge is 2.35. The fraction of sp³-hybridized carbons (Fsp3) is 0.259. The Morgan fingerprint density at radius 3 is 2.46 bits per heavy atom. The molecular formula is C27H26ClN3O4S2. The van der Waals surface area contributed by atoms with Crippen LogP contribution < -0.4 is 9.64 Å². The molecular weight excluding hydrogens is 530 g/mol. The molecule has 0 unspecified atom stereocenters. The molecule has 1 aromatic heterocycles. The Kier molecular flexibility index (Phi) is 7.48. The zero-order chi connectivity index (χ0) is 26.0. The summed E-state index contributed by atoms with van der Waals surface area (Å²) in [5.74, 6) is 0.246. The highest BCUT2D eigenvalue weighted by molar-refractivity contribution is 7.89. The summed E-state index contributed by atoms with van der Waals surface area (Å²) in [6, 6.07) is 21.6. The van der Waals surface area contributed by atoms with Gasteiger partial charge in [-0.2, -0.15) is 4.31 Å². The zero-order valence-electron chi connectivity index (χ0n) is 20.2. The summed E-state index contributed by atoms with van der Waals surface area (Å²) in [5.41, 5.74) is 1.78. The van der Waals surface area contributed by atoms with E-state index in [4.69, 9.17) is 21.3 Å². The average molecular weight is 556 g/mol. The van der Waals surface area contributed by atoms with Crippen molar-refractivity contribution in [1.82, 2.24) is 9.29 Å². The molecule has 0 radical (unpaired) electrons. The first-order valence-corrected chi connectivity index (χ1v) is 14.5. The number of hydrogen-bond acceptors (Lipinski definition) is 6. The Hall–Kier alpha value is -2.98. The maximum Gasteiger partial charge on any atom is 0.243 e. The van der Waals surface area contributed by atoms with E-state index in [0.717, 1.165) is 15.8 Å². The molecule has 1 saturated heterocycles. The molecule has 0 atom stereocenters. The van der Waals surface area contributed by atoms with Gasteiger partial charge in [0.1, 0.15) is 5.75 Å². The summed E-state index contributed by atoms with van der Waals surface area (Å²) in [6.07, 6.45) is 0.881. The van der Waals surface area contributed by atoms with Crippen molar-refractivity contribution < 1.29 is 17.9 Å². The van der Waals surface area contributed by atoms with E-state index in [0.29, 0.717) is 35.3 Å². The van der Waals surface area contributed by atoms with Crippen molar-refractivity contribution in [3.05, 3.63) is 83.4 Å². The van der Waals surface area contributed by atoms with Crippen LogP contribution in [0.25, 0.3) is 10.2 Å². The van der Waals surface area contributed by atoms with Crippen LogP contribution in [0.4, 0.5) is 5.13 Å². The number of ether oxygens (including phenoxy) is 1. The van der Waals surface area contributed by atoms with Crippen LogP contribution in [0.2, 0.25) is 5.02 Å². The minimum Gasteiger partial charge on any atom is -0.497 e. The van der Waals surface area contributed by atoms with Crippen LogP contribution in [0.1, 0.15) is 18.4 Å². The van der Waals surface area contributed by atoms with Crippen LogP contribution in [0, 0.1) is 5.92 Å². The molecule has 7 nitrogen and oxygen atoms in total. The summed E-state index contributed by atoms with van der Waals surface area (Å²) in [5, 5.41) is 1.23. The van der Waals surface area contributed by atoms with E-state index in [1.165, 1.54) is 22.8 Å². The van der Waals surface area contributed by atoms with Gasteiger partial charge in [-0.3, -0.25) is 9.69 Å². The molecule has 0 spiro atoms. The third-order valence-electron chi connectivity index (χ3n) is 6.52. The van der Waals surface area contributed by atoms with E-state index in [1.807, 2.05) is 42.5 Å². The number of aromatic nitrogens is 1. The van der Waals surface area contributed by atoms with E-state index in [9.17, 15) is 13.2 Å². The van der Waals surface area contributed by atoms with Crippen molar-refractivity contribution in [2.24, 2.45) is 5.92 Å². The number of anilines is 1. The number of fused-ring (bicyclic) bond motifs is 1. The minimum absolute atomic E-state index is 0.0458. The lowest BCUT2D eigenvalue weighted by molar-refractivity contribution is -0.123. The van der Waals surface area contributed by atoms with Crippen LogP contribution in [0.5, 0.6) is 5.75 Å². The van der Waals surface area contributed by atoms with Crippen LogP contribution in [-0.2, 0) is 21.4 Å². The first-order chi connectivity index (χ1) is 17.8. The number of rotatable bonds is 7. The number of amides is 1. The molecule has 5 rings (SSSR count). The Bertz CT molecular complexity index is 1500. The van der Waals surface area contributed by atoms with Gasteiger partial charge in [0.25, 0.3) is 0 Å². The van der Waals surface area contributed by atoms with E-state index < -0.39 is 10.0 Å². The summed E-state index contributed by atoms with van der Waals surface area (Å²) >= 11 is 7.60. The molecule has 1 amide bonds. The van der Waals surface area contributed by atoms with E-state index in [-0.39, 0.29) is 29.8 Å². The van der Waals surface area contributed by atoms with Crippen molar-refractivity contribution >= 4 is 54.2 Å². The van der Waals surface area contributed by atoms with Gasteiger partial charge >= 0.3 is 0 Å². The maximum atomic E-state index is 13.8. The predicted molar refractivity (Wildman–Crippen MR) is 147 cm³/mol. The molecule has 1 aliphatic rings. The molecule has 37 heavy (non-hydrogen) atoms. The number of hydrogen-bond donors (Lipinski definition) is 0. The van der Waals surface area contributed by atoms with Crippen molar-refractivity contribution in [3.8, 4) is 5.75 Å². The second-order valence-corrected chi connectivity index (χ2v) is 12.3. The molecule has 0 N–H and O–H groups in total. The third-order valence-corrected chi connectivity index (χ3v) is 9.71. The zero-order valence-corrected chi connectivity index (χ0v) is 22.6. The normalized spacial score (nSPS) is 15.1. The monoisotopic (exact) mass is 555 g/mol. The molecule has 2 heterocycles. The molecule has 0 aliphatic carbocycles. The quantitative estimate of drug-likeness (QED) is 0.297. The molecule has 10 heteroatoms. The number of benzene rings is 3. The summed E-state index contributed by atoms with van der Waals surface area (Å²) in [4.78, 5) is 20.5. The van der Waals surface area contributed by atoms with E-state index in [1.54, 1.807) is 35.2 Å². The van der Waals surface area contributed by atoms with Gasteiger partial charge in [-0.1, -0.05) is 53.3 Å². The average Bonchev–Trinajstić information content (AvgIpc) is 3.35. The Balaban J connectivity index is 1.35. The van der Waals surface area contributed by atoms with E-state index in [2.05, 4.69) is 0 Å². The molecule has 192 valence electrons. The number of methoxy groups -OCH3 is 1. The lowest BCUT2D eigenvalue weighted by Crippen LogP contribution is -2.44. The predicted octanol–water partition coefficient (Wildman–Crippen LogP) is 5.59. The topological polar surface area (TPSA) is 79.8 Å². The van der Waals surface area contributed by atoms with Crippen LogP contribution in [0.3, 0.4) is 0 Å². The summed E-state index contributed by atoms with van der Waals surface area (Å²) in [6.45, 7) is 0.941. The molecule has 3 aromatic carbocycles. The van der Waals surface area contributed by atoms with Gasteiger partial charge in [0.15, 0.2) is 5.13 Å². The lowest BCUT2D eigenvalue weighted by atomic mass is 9.96. The summed E-state index contributed by atoms with van der Waals surface area (Å²) in [7, 11) is -2.11. The Morgan fingerprint density at radius 2 is 1.78 bits per heavy atom. The maximum absolute atomic E-state index is 13.8. The summed E-state index contributed by atoms with van der Waals surface area (Å²) < 4.78 is 33.8. The molecule has 0 bridgehead atoms. The molecule has 4 aromatic rings. The van der Waals surface area contributed by atoms with Gasteiger partial charge in [0, 0.05) is 24.0 Å². The number of sulfonamides is 1. The molecule has 0 saturated carbocycles. The Labute approximate surface area is 225 Å². The Morgan fingerprint density at radius 1 is 1.08 bits per heavy atom. The number of nitrogens with zero attached hydrogens (tertiary/aromatic N) is 3. The minimum atomic E-state index is -3.65. The van der Waals surface area contributed by atoms with Crippen LogP contribution in [-0.4, -0.2) is 43.8 Å². The lowest BCUT2D eigenvalue weighted by Gasteiger charge is -2.33. The van der Waals surface area contributed by atoms with Crippen molar-refractivity contribution in [2.45, 2.75) is 24.3 Å². The van der Waals surface area contributed by atoms with Gasteiger partial charge in [-0.25, -0.2) is 13.4 Å². The van der Waals surface area contributed by atoms with Crippen LogP contribution >= 0.6 is 22.9 Å². The highest BCUT2D eigenvalue weighted by atomic mass is 35.5. The molecule has 1 fully saturated rings. The second kappa shape index (κ2) is 10.8. The van der Waals surface area contributed by atoms with Crippen molar-refractivity contribution in [1.29, 1.82) is 0 Å². The number of carbonyl (C=O) groups is 1.